The second-order valence-corrected chi connectivity index (χ2v) is 5.79. The van der Waals surface area contributed by atoms with E-state index in [1.54, 1.807) is 0 Å². The first-order chi connectivity index (χ1) is 6.47. The lowest BCUT2D eigenvalue weighted by Gasteiger charge is -2.41. The van der Waals surface area contributed by atoms with Gasteiger partial charge in [-0.3, -0.25) is 0 Å². The SMILES string of the molecule is CCCC(C)(C)C1CCC(O)C(C)C1. The fourth-order valence-electron chi connectivity index (χ4n) is 2.94. The lowest BCUT2D eigenvalue weighted by Crippen LogP contribution is -2.34. The highest BCUT2D eigenvalue weighted by Gasteiger charge is 2.34. The van der Waals surface area contributed by atoms with Gasteiger partial charge in [-0.25, -0.2) is 0 Å². The van der Waals surface area contributed by atoms with Gasteiger partial charge in [0.1, 0.15) is 0 Å². The first-order valence-electron chi connectivity index (χ1n) is 6.15. The van der Waals surface area contributed by atoms with Gasteiger partial charge >= 0.3 is 0 Å². The van der Waals surface area contributed by atoms with Gasteiger partial charge < -0.3 is 5.11 Å². The van der Waals surface area contributed by atoms with Crippen molar-refractivity contribution in [3.63, 3.8) is 0 Å². The van der Waals surface area contributed by atoms with E-state index >= 15 is 0 Å². The molecule has 0 aromatic carbocycles. The molecular weight excluding hydrogens is 172 g/mol. The summed E-state index contributed by atoms with van der Waals surface area (Å²) in [5.41, 5.74) is 0.475. The molecule has 0 amide bonds. The van der Waals surface area contributed by atoms with E-state index in [-0.39, 0.29) is 6.10 Å². The van der Waals surface area contributed by atoms with Crippen molar-refractivity contribution in [3.8, 4) is 0 Å². The van der Waals surface area contributed by atoms with Gasteiger partial charge in [0, 0.05) is 0 Å². The summed E-state index contributed by atoms with van der Waals surface area (Å²) in [6.45, 7) is 9.25. The number of aliphatic hydroxyl groups is 1. The van der Waals surface area contributed by atoms with Crippen molar-refractivity contribution in [3.05, 3.63) is 0 Å². The van der Waals surface area contributed by atoms with Crippen LogP contribution in [0.15, 0.2) is 0 Å². The predicted octanol–water partition coefficient (Wildman–Crippen LogP) is 3.61. The average molecular weight is 198 g/mol. The normalized spacial score (nSPS) is 34.5. The van der Waals surface area contributed by atoms with Crippen molar-refractivity contribution in [1.82, 2.24) is 0 Å². The smallest absolute Gasteiger partial charge is 0.0566 e. The molecule has 84 valence electrons. The Balaban J connectivity index is 2.53. The second-order valence-electron chi connectivity index (χ2n) is 5.79. The monoisotopic (exact) mass is 198 g/mol. The molecule has 0 bridgehead atoms. The Hall–Kier alpha value is -0.0400. The molecule has 0 heterocycles. The van der Waals surface area contributed by atoms with Crippen LogP contribution in [-0.4, -0.2) is 11.2 Å². The number of aliphatic hydroxyl groups excluding tert-OH is 1. The van der Waals surface area contributed by atoms with Crippen molar-refractivity contribution in [2.45, 2.75) is 65.9 Å². The highest BCUT2D eigenvalue weighted by molar-refractivity contribution is 4.85. The molecule has 1 rings (SSSR count). The summed E-state index contributed by atoms with van der Waals surface area (Å²) in [4.78, 5) is 0. The highest BCUT2D eigenvalue weighted by atomic mass is 16.3. The summed E-state index contributed by atoms with van der Waals surface area (Å²) in [5.74, 6) is 1.32. The third-order valence-electron chi connectivity index (χ3n) is 4.12. The van der Waals surface area contributed by atoms with Gasteiger partial charge in [0.2, 0.25) is 0 Å². The summed E-state index contributed by atoms with van der Waals surface area (Å²) in [5, 5.41) is 9.69. The molecule has 0 radical (unpaired) electrons. The lowest BCUT2D eigenvalue weighted by molar-refractivity contribution is 0.0195. The van der Waals surface area contributed by atoms with Gasteiger partial charge in [-0.15, -0.1) is 0 Å². The van der Waals surface area contributed by atoms with E-state index in [0.717, 1.165) is 12.3 Å². The number of rotatable bonds is 3. The summed E-state index contributed by atoms with van der Waals surface area (Å²) in [6, 6.07) is 0. The average Bonchev–Trinajstić information content (AvgIpc) is 2.09. The second kappa shape index (κ2) is 4.65. The fourth-order valence-corrected chi connectivity index (χ4v) is 2.94. The molecule has 0 aromatic heterocycles. The van der Waals surface area contributed by atoms with E-state index in [2.05, 4.69) is 27.7 Å². The van der Waals surface area contributed by atoms with Crippen LogP contribution in [0.5, 0.6) is 0 Å². The van der Waals surface area contributed by atoms with Gasteiger partial charge in [0.15, 0.2) is 0 Å². The maximum Gasteiger partial charge on any atom is 0.0566 e. The van der Waals surface area contributed by atoms with Crippen LogP contribution < -0.4 is 0 Å². The molecule has 1 fully saturated rings. The lowest BCUT2D eigenvalue weighted by atomic mass is 9.66. The van der Waals surface area contributed by atoms with Crippen LogP contribution in [0.1, 0.15) is 59.8 Å². The van der Waals surface area contributed by atoms with Crippen LogP contribution in [0.2, 0.25) is 0 Å². The van der Waals surface area contributed by atoms with Crippen LogP contribution in [0.25, 0.3) is 0 Å². The van der Waals surface area contributed by atoms with E-state index in [1.807, 2.05) is 0 Å². The number of hydrogen-bond donors (Lipinski definition) is 1. The Morgan fingerprint density at radius 1 is 1.29 bits per heavy atom. The highest BCUT2D eigenvalue weighted by Crippen LogP contribution is 2.43. The summed E-state index contributed by atoms with van der Waals surface area (Å²) in [6.07, 6.45) is 6.01. The minimum absolute atomic E-state index is 0.0383. The van der Waals surface area contributed by atoms with Crippen LogP contribution in [0.4, 0.5) is 0 Å². The van der Waals surface area contributed by atoms with Gasteiger partial charge in [0.05, 0.1) is 6.10 Å². The molecule has 0 aromatic rings. The Kier molecular flexibility index (Phi) is 4.00. The van der Waals surface area contributed by atoms with E-state index in [1.165, 1.54) is 25.7 Å². The number of hydrogen-bond acceptors (Lipinski definition) is 1. The topological polar surface area (TPSA) is 20.2 Å². The molecule has 1 N–H and O–H groups in total. The van der Waals surface area contributed by atoms with Crippen molar-refractivity contribution >= 4 is 0 Å². The van der Waals surface area contributed by atoms with Crippen LogP contribution >= 0.6 is 0 Å². The van der Waals surface area contributed by atoms with Crippen molar-refractivity contribution in [2.24, 2.45) is 17.3 Å². The van der Waals surface area contributed by atoms with Crippen LogP contribution in [0, 0.1) is 17.3 Å². The Morgan fingerprint density at radius 2 is 1.93 bits per heavy atom. The standard InChI is InChI=1S/C13H26O/c1-5-8-13(3,4)11-6-7-12(14)10(2)9-11/h10-12,14H,5-9H2,1-4H3. The Bertz CT molecular complexity index is 174. The molecule has 1 aliphatic carbocycles. The molecule has 0 aliphatic heterocycles. The molecular formula is C13H26O. The molecule has 1 heteroatoms. The zero-order chi connectivity index (χ0) is 10.8. The molecule has 3 unspecified atom stereocenters. The van der Waals surface area contributed by atoms with Crippen LogP contribution in [-0.2, 0) is 0 Å². The Morgan fingerprint density at radius 3 is 2.43 bits per heavy atom. The molecule has 14 heavy (non-hydrogen) atoms. The van der Waals surface area contributed by atoms with Crippen molar-refractivity contribution in [2.75, 3.05) is 0 Å². The minimum atomic E-state index is -0.0383. The van der Waals surface area contributed by atoms with E-state index in [0.29, 0.717) is 11.3 Å². The van der Waals surface area contributed by atoms with Crippen molar-refractivity contribution in [1.29, 1.82) is 0 Å². The van der Waals surface area contributed by atoms with Crippen LogP contribution in [0.3, 0.4) is 0 Å². The van der Waals surface area contributed by atoms with Crippen molar-refractivity contribution < 1.29 is 5.11 Å². The molecule has 1 saturated carbocycles. The van der Waals surface area contributed by atoms with E-state index in [9.17, 15) is 5.11 Å². The molecule has 3 atom stereocenters. The zero-order valence-corrected chi connectivity index (χ0v) is 10.2. The molecule has 0 spiro atoms. The quantitative estimate of drug-likeness (QED) is 0.734. The summed E-state index contributed by atoms with van der Waals surface area (Å²) >= 11 is 0. The summed E-state index contributed by atoms with van der Waals surface area (Å²) < 4.78 is 0. The maximum absolute atomic E-state index is 9.69. The first-order valence-corrected chi connectivity index (χ1v) is 6.15. The molecule has 1 aliphatic rings. The largest absolute Gasteiger partial charge is 0.393 e. The van der Waals surface area contributed by atoms with Gasteiger partial charge in [0.25, 0.3) is 0 Å². The van der Waals surface area contributed by atoms with Gasteiger partial charge in [-0.2, -0.15) is 0 Å². The zero-order valence-electron chi connectivity index (χ0n) is 10.2. The molecule has 1 nitrogen and oxygen atoms in total. The first kappa shape index (κ1) is 12.0. The van der Waals surface area contributed by atoms with E-state index < -0.39 is 0 Å². The van der Waals surface area contributed by atoms with Gasteiger partial charge in [-0.05, 0) is 42.9 Å². The maximum atomic E-state index is 9.69. The Labute approximate surface area is 88.9 Å². The van der Waals surface area contributed by atoms with Gasteiger partial charge in [-0.1, -0.05) is 34.1 Å². The predicted molar refractivity (Wildman–Crippen MR) is 61.2 cm³/mol. The minimum Gasteiger partial charge on any atom is -0.393 e. The third-order valence-corrected chi connectivity index (χ3v) is 4.12. The fraction of sp³-hybridized carbons (Fsp3) is 1.00. The molecule has 0 saturated heterocycles. The third kappa shape index (κ3) is 2.73. The van der Waals surface area contributed by atoms with E-state index in [4.69, 9.17) is 0 Å². The summed E-state index contributed by atoms with van der Waals surface area (Å²) in [7, 11) is 0.